The summed E-state index contributed by atoms with van der Waals surface area (Å²) in [6.07, 6.45) is 9.33. The standard InChI is InChI=1S/C18H24N2O2/c21-17-13-20(16-11-5-4-10-15(16)19-17)18(22)12-6-9-14-7-2-1-3-8-14/h4-5,10-11,14H,1-3,6-9,12-13H2,(H,19,21). The van der Waals surface area contributed by atoms with E-state index in [1.165, 1.54) is 32.1 Å². The summed E-state index contributed by atoms with van der Waals surface area (Å²) in [7, 11) is 0. The van der Waals surface area contributed by atoms with E-state index in [-0.39, 0.29) is 18.4 Å². The van der Waals surface area contributed by atoms with Crippen molar-refractivity contribution in [1.82, 2.24) is 0 Å². The molecule has 1 aliphatic heterocycles. The van der Waals surface area contributed by atoms with Gasteiger partial charge in [0, 0.05) is 6.42 Å². The first-order chi connectivity index (χ1) is 10.7. The van der Waals surface area contributed by atoms with Gasteiger partial charge in [0.25, 0.3) is 0 Å². The number of benzene rings is 1. The maximum Gasteiger partial charge on any atom is 0.244 e. The minimum Gasteiger partial charge on any atom is -0.323 e. The molecule has 4 heteroatoms. The van der Waals surface area contributed by atoms with Crippen molar-refractivity contribution in [2.75, 3.05) is 16.8 Å². The Morgan fingerprint density at radius 3 is 2.77 bits per heavy atom. The van der Waals surface area contributed by atoms with Crippen LogP contribution in [0.15, 0.2) is 24.3 Å². The maximum absolute atomic E-state index is 12.5. The molecule has 2 aliphatic rings. The Kier molecular flexibility index (Phi) is 4.76. The van der Waals surface area contributed by atoms with Gasteiger partial charge in [-0.3, -0.25) is 9.59 Å². The van der Waals surface area contributed by atoms with Crippen LogP contribution in [-0.4, -0.2) is 18.4 Å². The molecule has 1 aromatic rings. The molecule has 0 radical (unpaired) electrons. The van der Waals surface area contributed by atoms with Crippen LogP contribution in [-0.2, 0) is 9.59 Å². The summed E-state index contributed by atoms with van der Waals surface area (Å²) in [5, 5.41) is 2.82. The quantitative estimate of drug-likeness (QED) is 0.921. The molecule has 1 aliphatic carbocycles. The predicted octanol–water partition coefficient (Wildman–Crippen LogP) is 3.72. The summed E-state index contributed by atoms with van der Waals surface area (Å²) in [6, 6.07) is 7.51. The summed E-state index contributed by atoms with van der Waals surface area (Å²) in [6.45, 7) is 0.138. The number of nitrogens with zero attached hydrogens (tertiary/aromatic N) is 1. The summed E-state index contributed by atoms with van der Waals surface area (Å²) in [4.78, 5) is 25.9. The van der Waals surface area contributed by atoms with E-state index >= 15 is 0 Å². The monoisotopic (exact) mass is 300 g/mol. The molecule has 0 atom stereocenters. The van der Waals surface area contributed by atoms with E-state index in [2.05, 4.69) is 5.32 Å². The third-order valence-corrected chi connectivity index (χ3v) is 4.80. The minimum absolute atomic E-state index is 0.0677. The molecule has 0 spiro atoms. The number of hydrogen-bond donors (Lipinski definition) is 1. The number of nitrogens with one attached hydrogen (secondary N) is 1. The van der Waals surface area contributed by atoms with Gasteiger partial charge in [0.05, 0.1) is 11.4 Å². The molecular formula is C18H24N2O2. The molecule has 1 N–H and O–H groups in total. The average Bonchev–Trinajstić information content (AvgIpc) is 2.55. The predicted molar refractivity (Wildman–Crippen MR) is 87.9 cm³/mol. The van der Waals surface area contributed by atoms with Gasteiger partial charge in [0.2, 0.25) is 11.8 Å². The summed E-state index contributed by atoms with van der Waals surface area (Å²) < 4.78 is 0. The number of fused-ring (bicyclic) bond motifs is 1. The first kappa shape index (κ1) is 15.1. The van der Waals surface area contributed by atoms with Crippen molar-refractivity contribution in [3.05, 3.63) is 24.3 Å². The SMILES string of the molecule is O=C1CN(C(=O)CCCC2CCCCC2)c2ccccc2N1. The molecule has 0 unspecified atom stereocenters. The van der Waals surface area contributed by atoms with Crippen LogP contribution in [0.25, 0.3) is 0 Å². The van der Waals surface area contributed by atoms with E-state index in [0.29, 0.717) is 6.42 Å². The second kappa shape index (κ2) is 6.95. The third kappa shape index (κ3) is 3.49. The highest BCUT2D eigenvalue weighted by Crippen LogP contribution is 2.31. The van der Waals surface area contributed by atoms with E-state index in [4.69, 9.17) is 0 Å². The van der Waals surface area contributed by atoms with E-state index in [1.54, 1.807) is 4.90 Å². The number of carbonyl (C=O) groups is 2. The highest BCUT2D eigenvalue weighted by molar-refractivity contribution is 6.09. The van der Waals surface area contributed by atoms with Gasteiger partial charge in [-0.1, -0.05) is 44.2 Å². The minimum atomic E-state index is -0.112. The van der Waals surface area contributed by atoms with Crippen molar-refractivity contribution < 1.29 is 9.59 Å². The van der Waals surface area contributed by atoms with Gasteiger partial charge in [-0.05, 0) is 30.9 Å². The van der Waals surface area contributed by atoms with Crippen molar-refractivity contribution >= 4 is 23.2 Å². The fourth-order valence-electron chi connectivity index (χ4n) is 3.61. The zero-order chi connectivity index (χ0) is 15.4. The van der Waals surface area contributed by atoms with Gasteiger partial charge in [-0.15, -0.1) is 0 Å². The Balaban J connectivity index is 1.56. The van der Waals surface area contributed by atoms with Crippen LogP contribution in [0.3, 0.4) is 0 Å². The molecule has 118 valence electrons. The number of amides is 2. The smallest absolute Gasteiger partial charge is 0.244 e. The Labute approximate surface area is 131 Å². The molecule has 2 amide bonds. The molecule has 1 aromatic carbocycles. The number of anilines is 2. The fraction of sp³-hybridized carbons (Fsp3) is 0.556. The van der Waals surface area contributed by atoms with Crippen molar-refractivity contribution in [2.24, 2.45) is 5.92 Å². The number of para-hydroxylation sites is 2. The van der Waals surface area contributed by atoms with Crippen LogP contribution in [0.4, 0.5) is 11.4 Å². The fourth-order valence-corrected chi connectivity index (χ4v) is 3.61. The number of carbonyl (C=O) groups excluding carboxylic acids is 2. The van der Waals surface area contributed by atoms with Crippen LogP contribution in [0.5, 0.6) is 0 Å². The molecule has 0 aromatic heterocycles. The summed E-state index contributed by atoms with van der Waals surface area (Å²) >= 11 is 0. The van der Waals surface area contributed by atoms with Crippen LogP contribution >= 0.6 is 0 Å². The second-order valence-electron chi connectivity index (χ2n) is 6.44. The van der Waals surface area contributed by atoms with Crippen molar-refractivity contribution in [2.45, 2.75) is 51.4 Å². The van der Waals surface area contributed by atoms with Crippen molar-refractivity contribution in [3.63, 3.8) is 0 Å². The largest absolute Gasteiger partial charge is 0.323 e. The molecule has 22 heavy (non-hydrogen) atoms. The van der Waals surface area contributed by atoms with Gasteiger partial charge in [-0.2, -0.15) is 0 Å². The van der Waals surface area contributed by atoms with Gasteiger partial charge in [0.1, 0.15) is 6.54 Å². The zero-order valence-corrected chi connectivity index (χ0v) is 13.0. The molecule has 1 saturated carbocycles. The van der Waals surface area contributed by atoms with Crippen molar-refractivity contribution in [3.8, 4) is 0 Å². The molecular weight excluding hydrogens is 276 g/mol. The molecule has 0 bridgehead atoms. The lowest BCUT2D eigenvalue weighted by atomic mass is 9.86. The Bertz CT molecular complexity index is 550. The van der Waals surface area contributed by atoms with Crippen LogP contribution in [0.2, 0.25) is 0 Å². The first-order valence-corrected chi connectivity index (χ1v) is 8.43. The molecule has 0 saturated heterocycles. The first-order valence-electron chi connectivity index (χ1n) is 8.43. The normalized spacial score (nSPS) is 18.7. The average molecular weight is 300 g/mol. The number of hydrogen-bond acceptors (Lipinski definition) is 2. The lowest BCUT2D eigenvalue weighted by Gasteiger charge is -2.29. The summed E-state index contributed by atoms with van der Waals surface area (Å²) in [5.74, 6) is 0.760. The topological polar surface area (TPSA) is 49.4 Å². The van der Waals surface area contributed by atoms with Crippen LogP contribution in [0, 0.1) is 5.92 Å². The van der Waals surface area contributed by atoms with Gasteiger partial charge < -0.3 is 10.2 Å². The van der Waals surface area contributed by atoms with E-state index in [0.717, 1.165) is 30.1 Å². The highest BCUT2D eigenvalue weighted by Gasteiger charge is 2.26. The molecule has 4 nitrogen and oxygen atoms in total. The second-order valence-corrected chi connectivity index (χ2v) is 6.44. The van der Waals surface area contributed by atoms with Gasteiger partial charge in [-0.25, -0.2) is 0 Å². The van der Waals surface area contributed by atoms with Gasteiger partial charge >= 0.3 is 0 Å². The summed E-state index contributed by atoms with van der Waals surface area (Å²) in [5.41, 5.74) is 1.56. The van der Waals surface area contributed by atoms with E-state index in [9.17, 15) is 9.59 Å². The van der Waals surface area contributed by atoms with E-state index in [1.807, 2.05) is 24.3 Å². The highest BCUT2D eigenvalue weighted by atomic mass is 16.2. The third-order valence-electron chi connectivity index (χ3n) is 4.80. The Morgan fingerprint density at radius 2 is 1.95 bits per heavy atom. The van der Waals surface area contributed by atoms with Crippen molar-refractivity contribution in [1.29, 1.82) is 0 Å². The Morgan fingerprint density at radius 1 is 1.18 bits per heavy atom. The van der Waals surface area contributed by atoms with E-state index < -0.39 is 0 Å². The lowest BCUT2D eigenvalue weighted by molar-refractivity contribution is -0.122. The number of rotatable bonds is 4. The Hall–Kier alpha value is -1.84. The molecule has 3 rings (SSSR count). The maximum atomic E-state index is 12.5. The van der Waals surface area contributed by atoms with Crippen LogP contribution < -0.4 is 10.2 Å². The lowest BCUT2D eigenvalue weighted by Crippen LogP contribution is -2.42. The zero-order valence-electron chi connectivity index (χ0n) is 13.0. The van der Waals surface area contributed by atoms with Crippen LogP contribution in [0.1, 0.15) is 51.4 Å². The molecule has 1 fully saturated rings. The van der Waals surface area contributed by atoms with Gasteiger partial charge in [0.15, 0.2) is 0 Å². The molecule has 1 heterocycles.